The van der Waals surface area contributed by atoms with E-state index in [9.17, 15) is 0 Å². The van der Waals surface area contributed by atoms with Gasteiger partial charge in [0.2, 0.25) is 5.95 Å². The number of aromatic nitrogens is 4. The third-order valence-electron chi connectivity index (χ3n) is 3.22. The van der Waals surface area contributed by atoms with E-state index in [0.717, 1.165) is 36.8 Å². The zero-order chi connectivity index (χ0) is 14.7. The highest BCUT2D eigenvalue weighted by Gasteiger charge is 2.09. The average Bonchev–Trinajstić information content (AvgIpc) is 2.89. The van der Waals surface area contributed by atoms with Crippen molar-refractivity contribution in [1.82, 2.24) is 19.3 Å². The molecule has 0 amide bonds. The second-order valence-electron chi connectivity index (χ2n) is 5.73. The minimum absolute atomic E-state index is 0.605. The van der Waals surface area contributed by atoms with Crippen LogP contribution in [0.1, 0.15) is 37.7 Å². The second kappa shape index (κ2) is 6.11. The van der Waals surface area contributed by atoms with Crippen LogP contribution in [0.25, 0.3) is 0 Å². The monoisotopic (exact) mass is 275 g/mol. The van der Waals surface area contributed by atoms with Gasteiger partial charge in [-0.1, -0.05) is 20.8 Å². The molecule has 2 rings (SSSR count). The number of aryl methyl sites for hydroxylation is 3. The Morgan fingerprint density at radius 1 is 1.30 bits per heavy atom. The van der Waals surface area contributed by atoms with Gasteiger partial charge < -0.3 is 9.88 Å². The van der Waals surface area contributed by atoms with E-state index in [1.807, 2.05) is 18.7 Å². The summed E-state index contributed by atoms with van der Waals surface area (Å²) in [7, 11) is 1.96. The molecule has 5 heteroatoms. The van der Waals surface area contributed by atoms with Gasteiger partial charge in [0.15, 0.2) is 0 Å². The van der Waals surface area contributed by atoms with Crippen molar-refractivity contribution in [3.05, 3.63) is 29.3 Å². The molecule has 1 N–H and O–H groups in total. The lowest BCUT2D eigenvalue weighted by Gasteiger charge is -2.11. The van der Waals surface area contributed by atoms with E-state index in [1.165, 1.54) is 5.56 Å². The lowest BCUT2D eigenvalue weighted by Crippen LogP contribution is -2.10. The van der Waals surface area contributed by atoms with Crippen molar-refractivity contribution in [2.24, 2.45) is 13.0 Å². The average molecular weight is 275 g/mol. The summed E-state index contributed by atoms with van der Waals surface area (Å²) in [6.07, 6.45) is 5.14. The minimum atomic E-state index is 0.605. The number of nitrogens with zero attached hydrogens (tertiary/aromatic N) is 4. The van der Waals surface area contributed by atoms with Crippen LogP contribution in [0.5, 0.6) is 0 Å². The van der Waals surface area contributed by atoms with E-state index in [-0.39, 0.29) is 0 Å². The van der Waals surface area contributed by atoms with E-state index < -0.39 is 0 Å². The highest BCUT2D eigenvalue weighted by Crippen LogP contribution is 2.14. The third kappa shape index (κ3) is 3.40. The number of hydrogen-bond acceptors (Lipinski definition) is 3. The summed E-state index contributed by atoms with van der Waals surface area (Å²) < 4.78 is 4.07. The number of anilines is 1. The van der Waals surface area contributed by atoms with Gasteiger partial charge in [0.25, 0.3) is 0 Å². The van der Waals surface area contributed by atoms with Gasteiger partial charge in [-0.25, -0.2) is 4.98 Å². The van der Waals surface area contributed by atoms with Crippen LogP contribution in [0.15, 0.2) is 12.4 Å². The summed E-state index contributed by atoms with van der Waals surface area (Å²) in [6.45, 7) is 10.4. The van der Waals surface area contributed by atoms with Crippen LogP contribution in [0, 0.1) is 12.8 Å². The minimum Gasteiger partial charge on any atom is -0.351 e. The molecule has 0 radical (unpaired) electrons. The fraction of sp³-hybridized carbons (Fsp3) is 0.600. The summed E-state index contributed by atoms with van der Waals surface area (Å²) in [4.78, 5) is 4.57. The van der Waals surface area contributed by atoms with Gasteiger partial charge in [0, 0.05) is 38.1 Å². The highest BCUT2D eigenvalue weighted by atomic mass is 15.3. The Labute approximate surface area is 121 Å². The van der Waals surface area contributed by atoms with E-state index in [4.69, 9.17) is 0 Å². The van der Waals surface area contributed by atoms with E-state index >= 15 is 0 Å². The molecule has 0 aliphatic heterocycles. The first kappa shape index (κ1) is 14.6. The van der Waals surface area contributed by atoms with Crippen molar-refractivity contribution in [3.8, 4) is 0 Å². The molecule has 0 atom stereocenters. The van der Waals surface area contributed by atoms with Crippen LogP contribution in [0.3, 0.4) is 0 Å². The van der Waals surface area contributed by atoms with Crippen molar-refractivity contribution in [2.45, 2.75) is 47.2 Å². The van der Waals surface area contributed by atoms with Crippen LogP contribution < -0.4 is 5.32 Å². The quantitative estimate of drug-likeness (QED) is 0.882. The first-order valence-electron chi connectivity index (χ1n) is 7.28. The second-order valence-corrected chi connectivity index (χ2v) is 5.73. The van der Waals surface area contributed by atoms with E-state index in [0.29, 0.717) is 5.92 Å². The van der Waals surface area contributed by atoms with Gasteiger partial charge in [-0.05, 0) is 19.3 Å². The lowest BCUT2D eigenvalue weighted by atomic mass is 10.2. The Morgan fingerprint density at radius 2 is 2.05 bits per heavy atom. The normalized spacial score (nSPS) is 11.3. The molecule has 0 aliphatic carbocycles. The first-order valence-corrected chi connectivity index (χ1v) is 7.28. The molecule has 20 heavy (non-hydrogen) atoms. The Balaban J connectivity index is 2.10. The lowest BCUT2D eigenvalue weighted by molar-refractivity contribution is 0.526. The van der Waals surface area contributed by atoms with Crippen LogP contribution in [0.4, 0.5) is 5.95 Å². The summed E-state index contributed by atoms with van der Waals surface area (Å²) in [5.74, 6) is 1.55. The molecule has 0 saturated heterocycles. The first-order chi connectivity index (χ1) is 9.49. The van der Waals surface area contributed by atoms with Crippen molar-refractivity contribution in [2.75, 3.05) is 5.32 Å². The van der Waals surface area contributed by atoms with E-state index in [2.05, 4.69) is 53.1 Å². The molecule has 0 aromatic carbocycles. The van der Waals surface area contributed by atoms with Gasteiger partial charge in [0.1, 0.15) is 0 Å². The molecule has 0 spiro atoms. The van der Waals surface area contributed by atoms with Crippen LogP contribution in [-0.2, 0) is 26.6 Å². The molecular weight excluding hydrogens is 250 g/mol. The molecule has 0 fully saturated rings. The maximum Gasteiger partial charge on any atom is 0.203 e. The molecule has 5 nitrogen and oxygen atoms in total. The highest BCUT2D eigenvalue weighted by molar-refractivity contribution is 5.31. The topological polar surface area (TPSA) is 47.7 Å². The largest absolute Gasteiger partial charge is 0.351 e. The molecule has 0 aliphatic rings. The van der Waals surface area contributed by atoms with Gasteiger partial charge in [0.05, 0.1) is 11.4 Å². The molecule has 2 heterocycles. The molecular formula is C15H25N5. The third-order valence-corrected chi connectivity index (χ3v) is 3.22. The van der Waals surface area contributed by atoms with Gasteiger partial charge in [-0.15, -0.1) is 0 Å². The molecule has 110 valence electrons. The predicted octanol–water partition coefficient (Wildman–Crippen LogP) is 2.76. The predicted molar refractivity (Wildman–Crippen MR) is 81.7 cm³/mol. The van der Waals surface area contributed by atoms with Crippen molar-refractivity contribution in [3.63, 3.8) is 0 Å². The summed E-state index contributed by atoms with van der Waals surface area (Å²) in [5.41, 5.74) is 3.44. The standard InChI is InChI=1S/C15H25N5/c1-6-14-13(10-19(5)18-14)7-16-15-17-12(4)9-20(15)8-11(2)3/h9-11H,6-8H2,1-5H3,(H,16,17). The molecule has 0 bridgehead atoms. The zero-order valence-corrected chi connectivity index (χ0v) is 13.1. The Hall–Kier alpha value is -1.78. The van der Waals surface area contributed by atoms with Gasteiger partial charge in [-0.2, -0.15) is 5.10 Å². The molecule has 0 saturated carbocycles. The Morgan fingerprint density at radius 3 is 2.70 bits per heavy atom. The summed E-state index contributed by atoms with van der Waals surface area (Å²) in [5, 5.41) is 7.91. The van der Waals surface area contributed by atoms with Gasteiger partial charge >= 0.3 is 0 Å². The number of imidazole rings is 1. The molecule has 2 aromatic heterocycles. The zero-order valence-electron chi connectivity index (χ0n) is 13.1. The van der Waals surface area contributed by atoms with Crippen LogP contribution in [-0.4, -0.2) is 19.3 Å². The van der Waals surface area contributed by atoms with Crippen molar-refractivity contribution < 1.29 is 0 Å². The summed E-state index contributed by atoms with van der Waals surface area (Å²) >= 11 is 0. The fourth-order valence-electron chi connectivity index (χ4n) is 2.42. The summed E-state index contributed by atoms with van der Waals surface area (Å²) in [6, 6.07) is 0. The Bertz CT molecular complexity index is 565. The van der Waals surface area contributed by atoms with E-state index in [1.54, 1.807) is 0 Å². The fourth-order valence-corrected chi connectivity index (χ4v) is 2.42. The number of nitrogens with one attached hydrogen (secondary N) is 1. The SMILES string of the molecule is CCc1nn(C)cc1CNc1nc(C)cn1CC(C)C. The van der Waals surface area contributed by atoms with Gasteiger partial charge in [-0.3, -0.25) is 4.68 Å². The maximum absolute atomic E-state index is 4.57. The molecule has 2 aromatic rings. The maximum atomic E-state index is 4.57. The Kier molecular flexibility index (Phi) is 4.47. The molecule has 0 unspecified atom stereocenters. The number of rotatable bonds is 6. The van der Waals surface area contributed by atoms with Crippen molar-refractivity contribution >= 4 is 5.95 Å². The van der Waals surface area contributed by atoms with Crippen molar-refractivity contribution in [1.29, 1.82) is 0 Å². The van der Waals surface area contributed by atoms with Crippen LogP contribution >= 0.6 is 0 Å². The van der Waals surface area contributed by atoms with Crippen LogP contribution in [0.2, 0.25) is 0 Å². The smallest absolute Gasteiger partial charge is 0.203 e. The number of hydrogen-bond donors (Lipinski definition) is 1.